The zero-order valence-corrected chi connectivity index (χ0v) is 15.3. The van der Waals surface area contributed by atoms with E-state index in [4.69, 9.17) is 0 Å². The fourth-order valence-corrected chi connectivity index (χ4v) is 3.13. The summed E-state index contributed by atoms with van der Waals surface area (Å²) in [5.74, 6) is -0.342. The van der Waals surface area contributed by atoms with Gasteiger partial charge >= 0.3 is 0 Å². The van der Waals surface area contributed by atoms with E-state index in [0.29, 0.717) is 22.3 Å². The molecule has 0 aliphatic rings. The Morgan fingerprint density at radius 2 is 1.30 bits per heavy atom. The summed E-state index contributed by atoms with van der Waals surface area (Å²) < 4.78 is 0. The van der Waals surface area contributed by atoms with Crippen molar-refractivity contribution in [3.63, 3.8) is 0 Å². The first-order chi connectivity index (χ1) is 12.7. The largest absolute Gasteiger partial charge is 0.508 e. The molecule has 0 fully saturated rings. The summed E-state index contributed by atoms with van der Waals surface area (Å²) in [6, 6.07) is 22.1. The molecule has 1 unspecified atom stereocenters. The van der Waals surface area contributed by atoms with Crippen LogP contribution in [0.25, 0.3) is 0 Å². The summed E-state index contributed by atoms with van der Waals surface area (Å²) in [6.07, 6.45) is 0. The molecule has 138 valence electrons. The molecule has 1 atom stereocenters. The molecule has 3 rings (SSSR count). The molecular weight excluding hydrogens is 340 g/mol. The fraction of sp³-hybridized carbons (Fsp3) is 0.174. The van der Waals surface area contributed by atoms with Gasteiger partial charge in [0.05, 0.1) is 0 Å². The van der Waals surface area contributed by atoms with Crippen molar-refractivity contribution in [1.82, 2.24) is 0 Å². The van der Waals surface area contributed by atoms with Gasteiger partial charge in [0.2, 0.25) is 0 Å². The third-order valence-corrected chi connectivity index (χ3v) is 4.58. The van der Waals surface area contributed by atoms with Gasteiger partial charge in [0.1, 0.15) is 17.0 Å². The van der Waals surface area contributed by atoms with Gasteiger partial charge < -0.3 is 15.3 Å². The average Bonchev–Trinajstić information content (AvgIpc) is 2.67. The number of hydrogen-bond acceptors (Lipinski definition) is 4. The number of phenols is 1. The van der Waals surface area contributed by atoms with Crippen LogP contribution in [0.2, 0.25) is 0 Å². The number of aliphatic hydroxyl groups is 2. The lowest BCUT2D eigenvalue weighted by molar-refractivity contribution is 0.0488. The Bertz CT molecular complexity index is 940. The van der Waals surface area contributed by atoms with E-state index in [1.807, 2.05) is 18.2 Å². The lowest BCUT2D eigenvalue weighted by Crippen LogP contribution is -2.31. The maximum Gasteiger partial charge on any atom is 0.193 e. The predicted molar refractivity (Wildman–Crippen MR) is 104 cm³/mol. The molecule has 0 radical (unpaired) electrons. The molecule has 4 nitrogen and oxygen atoms in total. The van der Waals surface area contributed by atoms with E-state index in [1.165, 1.54) is 19.9 Å². The summed E-state index contributed by atoms with van der Waals surface area (Å²) in [5.41, 5.74) is -0.921. The number of benzene rings is 3. The number of aromatic hydroxyl groups is 1. The summed E-state index contributed by atoms with van der Waals surface area (Å²) in [4.78, 5) is 12.3. The van der Waals surface area contributed by atoms with Gasteiger partial charge in [-0.25, -0.2) is 0 Å². The van der Waals surface area contributed by atoms with Crippen LogP contribution < -0.4 is 0 Å². The summed E-state index contributed by atoms with van der Waals surface area (Å²) >= 11 is 0. The molecule has 27 heavy (non-hydrogen) atoms. The van der Waals surface area contributed by atoms with Crippen molar-refractivity contribution >= 4 is 5.78 Å². The van der Waals surface area contributed by atoms with Gasteiger partial charge in [-0.1, -0.05) is 66.7 Å². The minimum absolute atomic E-state index is 0.0516. The first-order valence-corrected chi connectivity index (χ1v) is 8.68. The van der Waals surface area contributed by atoms with Crippen LogP contribution in [0.5, 0.6) is 5.75 Å². The third kappa shape index (κ3) is 3.63. The Balaban J connectivity index is 2.14. The average molecular weight is 362 g/mol. The van der Waals surface area contributed by atoms with Gasteiger partial charge in [-0.05, 0) is 42.7 Å². The summed E-state index contributed by atoms with van der Waals surface area (Å²) in [7, 11) is 0. The molecule has 0 aromatic heterocycles. The predicted octanol–water partition coefficient (Wildman–Crippen LogP) is 3.63. The van der Waals surface area contributed by atoms with E-state index in [9.17, 15) is 20.1 Å². The Morgan fingerprint density at radius 1 is 0.741 bits per heavy atom. The molecule has 0 saturated carbocycles. The first-order valence-electron chi connectivity index (χ1n) is 8.68. The smallest absolute Gasteiger partial charge is 0.193 e. The lowest BCUT2D eigenvalue weighted by atomic mass is 9.80. The zero-order valence-electron chi connectivity index (χ0n) is 15.3. The minimum atomic E-state index is -1.50. The van der Waals surface area contributed by atoms with Crippen molar-refractivity contribution in [1.29, 1.82) is 0 Å². The minimum Gasteiger partial charge on any atom is -0.508 e. The van der Waals surface area contributed by atoms with Crippen molar-refractivity contribution in [2.24, 2.45) is 0 Å². The maximum atomic E-state index is 12.3. The van der Waals surface area contributed by atoms with Gasteiger partial charge in [0.25, 0.3) is 0 Å². The number of ketones is 1. The summed E-state index contributed by atoms with van der Waals surface area (Å²) in [6.45, 7) is 2.88. The van der Waals surface area contributed by atoms with Gasteiger partial charge in [0, 0.05) is 5.56 Å². The van der Waals surface area contributed by atoms with Crippen molar-refractivity contribution in [3.8, 4) is 5.75 Å². The monoisotopic (exact) mass is 362 g/mol. The molecule has 0 heterocycles. The number of phenolic OH excluding ortho intramolecular Hbond substituents is 1. The van der Waals surface area contributed by atoms with E-state index in [-0.39, 0.29) is 5.75 Å². The normalized spacial score (nSPS) is 13.8. The van der Waals surface area contributed by atoms with E-state index < -0.39 is 17.0 Å². The van der Waals surface area contributed by atoms with Crippen LogP contribution >= 0.6 is 0 Å². The summed E-state index contributed by atoms with van der Waals surface area (Å²) in [5, 5.41) is 31.5. The molecule has 4 heteroatoms. The molecule has 3 aromatic rings. The van der Waals surface area contributed by atoms with E-state index in [1.54, 1.807) is 54.6 Å². The van der Waals surface area contributed by atoms with Crippen molar-refractivity contribution in [2.45, 2.75) is 25.0 Å². The Hall–Kier alpha value is -2.95. The Labute approximate surface area is 158 Å². The number of hydrogen-bond donors (Lipinski definition) is 3. The van der Waals surface area contributed by atoms with Crippen molar-refractivity contribution in [3.05, 3.63) is 101 Å². The molecule has 0 bridgehead atoms. The highest BCUT2D eigenvalue weighted by Crippen LogP contribution is 2.37. The van der Waals surface area contributed by atoms with Crippen LogP contribution in [0.1, 0.15) is 40.9 Å². The highest BCUT2D eigenvalue weighted by Gasteiger charge is 2.34. The van der Waals surface area contributed by atoms with Crippen LogP contribution in [0.3, 0.4) is 0 Å². The molecule has 0 amide bonds. The van der Waals surface area contributed by atoms with Crippen molar-refractivity contribution in [2.75, 3.05) is 0 Å². The standard InChI is InChI=1S/C23H22O4/c1-22(2,26)21(25)16-11-13-18(14-12-16)23(27,17-7-4-3-5-8-17)19-9-6-10-20(24)15-19/h3-15,24,26-27H,1-2H3. The van der Waals surface area contributed by atoms with Crippen molar-refractivity contribution < 1.29 is 20.1 Å². The number of Topliss-reactive ketones (excluding diaryl/α,β-unsaturated/α-hetero) is 1. The highest BCUT2D eigenvalue weighted by atomic mass is 16.3. The van der Waals surface area contributed by atoms with Gasteiger partial charge in [-0.2, -0.15) is 0 Å². The van der Waals surface area contributed by atoms with E-state index in [2.05, 4.69) is 0 Å². The Kier molecular flexibility index (Phi) is 4.87. The zero-order chi connectivity index (χ0) is 19.7. The number of rotatable bonds is 5. The van der Waals surface area contributed by atoms with Gasteiger partial charge in [0.15, 0.2) is 5.78 Å². The van der Waals surface area contributed by atoms with E-state index in [0.717, 1.165) is 0 Å². The second-order valence-electron chi connectivity index (χ2n) is 7.09. The second kappa shape index (κ2) is 6.99. The van der Waals surface area contributed by atoms with Crippen LogP contribution in [-0.4, -0.2) is 26.7 Å². The molecule has 0 spiro atoms. The van der Waals surface area contributed by atoms with Crippen LogP contribution in [0.15, 0.2) is 78.9 Å². The highest BCUT2D eigenvalue weighted by molar-refractivity contribution is 6.01. The molecular formula is C23H22O4. The topological polar surface area (TPSA) is 77.8 Å². The van der Waals surface area contributed by atoms with Gasteiger partial charge in [-0.3, -0.25) is 4.79 Å². The van der Waals surface area contributed by atoms with Crippen LogP contribution in [-0.2, 0) is 5.60 Å². The Morgan fingerprint density at radius 3 is 1.85 bits per heavy atom. The maximum absolute atomic E-state index is 12.3. The molecule has 0 aliphatic carbocycles. The fourth-order valence-electron chi connectivity index (χ4n) is 3.13. The molecule has 0 saturated heterocycles. The second-order valence-corrected chi connectivity index (χ2v) is 7.09. The van der Waals surface area contributed by atoms with Crippen LogP contribution in [0.4, 0.5) is 0 Å². The van der Waals surface area contributed by atoms with Gasteiger partial charge in [-0.15, -0.1) is 0 Å². The number of carbonyl (C=O) groups is 1. The molecule has 3 aromatic carbocycles. The quantitative estimate of drug-likeness (QED) is 0.478. The number of carbonyl (C=O) groups excluding carboxylic acids is 1. The molecule has 0 aliphatic heterocycles. The third-order valence-electron chi connectivity index (χ3n) is 4.58. The van der Waals surface area contributed by atoms with Crippen LogP contribution in [0, 0.1) is 0 Å². The molecule has 3 N–H and O–H groups in total. The SMILES string of the molecule is CC(C)(O)C(=O)c1ccc(C(O)(c2ccccc2)c2cccc(O)c2)cc1. The lowest BCUT2D eigenvalue weighted by Gasteiger charge is -2.30. The first kappa shape index (κ1) is 18.8. The van der Waals surface area contributed by atoms with E-state index >= 15 is 0 Å².